The summed E-state index contributed by atoms with van der Waals surface area (Å²) in [5.41, 5.74) is 0.636. The predicted molar refractivity (Wildman–Crippen MR) is 77.2 cm³/mol. The molecule has 1 aromatic heterocycles. The molecule has 0 radical (unpaired) electrons. The normalized spacial score (nSPS) is 17.3. The number of nitrogens with zero attached hydrogens (tertiary/aromatic N) is 2. The summed E-state index contributed by atoms with van der Waals surface area (Å²) in [6.45, 7) is 1.30. The van der Waals surface area contributed by atoms with E-state index in [1.165, 1.54) is 6.07 Å². The number of aromatic nitrogens is 2. The minimum atomic E-state index is -0.216. The van der Waals surface area contributed by atoms with Crippen LogP contribution >= 0.6 is 0 Å². The molecule has 0 saturated heterocycles. The third-order valence-corrected chi connectivity index (χ3v) is 3.97. The van der Waals surface area contributed by atoms with E-state index in [0.717, 1.165) is 18.8 Å². The average Bonchev–Trinajstić information content (AvgIpc) is 2.96. The van der Waals surface area contributed by atoms with E-state index in [1.807, 2.05) is 6.20 Å². The van der Waals surface area contributed by atoms with Gasteiger partial charge in [-0.05, 0) is 24.5 Å². The standard InChI is InChI=1S/C16H18FN3O/c17-14-4-2-1-3-12(14)5-7-19-16(21)13-6-9-20-10-8-18-15(20)11-13/h1-4,8,10,13H,5-7,9,11H2,(H,19,21). The maximum atomic E-state index is 13.5. The number of fused-ring (bicyclic) bond motifs is 1. The van der Waals surface area contributed by atoms with Crippen molar-refractivity contribution in [2.45, 2.75) is 25.8 Å². The van der Waals surface area contributed by atoms with Crippen LogP contribution in [0.1, 0.15) is 17.8 Å². The Balaban J connectivity index is 1.50. The molecular formula is C16H18FN3O. The van der Waals surface area contributed by atoms with Crippen LogP contribution in [0, 0.1) is 11.7 Å². The summed E-state index contributed by atoms with van der Waals surface area (Å²) in [6, 6.07) is 6.67. The largest absolute Gasteiger partial charge is 0.356 e. The van der Waals surface area contributed by atoms with Gasteiger partial charge < -0.3 is 9.88 Å². The number of hydrogen-bond donors (Lipinski definition) is 1. The van der Waals surface area contributed by atoms with Gasteiger partial charge in [-0.1, -0.05) is 18.2 Å². The molecule has 2 aromatic rings. The summed E-state index contributed by atoms with van der Waals surface area (Å²) in [6.07, 6.45) is 5.74. The molecule has 4 nitrogen and oxygen atoms in total. The van der Waals surface area contributed by atoms with Crippen molar-refractivity contribution < 1.29 is 9.18 Å². The number of benzene rings is 1. The molecule has 0 spiro atoms. The summed E-state index contributed by atoms with van der Waals surface area (Å²) in [7, 11) is 0. The second-order valence-electron chi connectivity index (χ2n) is 5.36. The minimum absolute atomic E-state index is 0.0273. The second kappa shape index (κ2) is 6.08. The van der Waals surface area contributed by atoms with Gasteiger partial charge in [-0.3, -0.25) is 4.79 Å². The molecule has 0 fully saturated rings. The molecule has 1 N–H and O–H groups in total. The van der Waals surface area contributed by atoms with Crippen LogP contribution < -0.4 is 5.32 Å². The Labute approximate surface area is 123 Å². The quantitative estimate of drug-likeness (QED) is 0.934. The number of carbonyl (C=O) groups excluding carboxylic acids is 1. The number of hydrogen-bond acceptors (Lipinski definition) is 2. The van der Waals surface area contributed by atoms with Gasteiger partial charge >= 0.3 is 0 Å². The average molecular weight is 287 g/mol. The van der Waals surface area contributed by atoms with Gasteiger partial charge in [0.1, 0.15) is 11.6 Å². The first-order chi connectivity index (χ1) is 10.2. The fourth-order valence-electron chi connectivity index (χ4n) is 2.74. The van der Waals surface area contributed by atoms with Gasteiger partial charge in [-0.15, -0.1) is 0 Å². The Morgan fingerprint density at radius 3 is 3.14 bits per heavy atom. The van der Waals surface area contributed by atoms with Gasteiger partial charge in [-0.2, -0.15) is 0 Å². The van der Waals surface area contributed by atoms with E-state index in [2.05, 4.69) is 14.9 Å². The Hall–Kier alpha value is -2.17. The maximum absolute atomic E-state index is 13.5. The van der Waals surface area contributed by atoms with Gasteiger partial charge in [0.25, 0.3) is 0 Å². The third kappa shape index (κ3) is 3.12. The van der Waals surface area contributed by atoms with Crippen LogP contribution in [0.5, 0.6) is 0 Å². The van der Waals surface area contributed by atoms with E-state index in [1.54, 1.807) is 24.4 Å². The highest BCUT2D eigenvalue weighted by atomic mass is 19.1. The van der Waals surface area contributed by atoms with Crippen molar-refractivity contribution in [1.82, 2.24) is 14.9 Å². The highest BCUT2D eigenvalue weighted by Crippen LogP contribution is 2.19. The van der Waals surface area contributed by atoms with Crippen LogP contribution in [-0.2, 0) is 24.2 Å². The first-order valence-electron chi connectivity index (χ1n) is 7.25. The molecule has 3 rings (SSSR count). The van der Waals surface area contributed by atoms with Crippen molar-refractivity contribution in [2.75, 3.05) is 6.54 Å². The molecule has 1 aliphatic rings. The molecule has 1 aliphatic heterocycles. The zero-order valence-electron chi connectivity index (χ0n) is 11.8. The molecule has 0 aliphatic carbocycles. The maximum Gasteiger partial charge on any atom is 0.223 e. The molecule has 0 bridgehead atoms. The zero-order valence-corrected chi connectivity index (χ0v) is 11.8. The number of nitrogens with one attached hydrogen (secondary N) is 1. The first-order valence-corrected chi connectivity index (χ1v) is 7.25. The smallest absolute Gasteiger partial charge is 0.223 e. The number of imidazole rings is 1. The van der Waals surface area contributed by atoms with Gasteiger partial charge in [0.05, 0.1) is 0 Å². The monoisotopic (exact) mass is 287 g/mol. The second-order valence-corrected chi connectivity index (χ2v) is 5.36. The molecule has 1 atom stereocenters. The van der Waals surface area contributed by atoms with E-state index >= 15 is 0 Å². The molecule has 5 heteroatoms. The van der Waals surface area contributed by atoms with Crippen molar-refractivity contribution in [3.63, 3.8) is 0 Å². The molecule has 1 aromatic carbocycles. The van der Waals surface area contributed by atoms with Gasteiger partial charge in [0.15, 0.2) is 0 Å². The van der Waals surface area contributed by atoms with E-state index in [9.17, 15) is 9.18 Å². The zero-order chi connectivity index (χ0) is 14.7. The van der Waals surface area contributed by atoms with E-state index < -0.39 is 0 Å². The first kappa shape index (κ1) is 13.8. The van der Waals surface area contributed by atoms with Crippen molar-refractivity contribution in [3.05, 3.63) is 53.9 Å². The Morgan fingerprint density at radius 2 is 2.29 bits per heavy atom. The lowest BCUT2D eigenvalue weighted by Gasteiger charge is -2.22. The number of aryl methyl sites for hydroxylation is 1. The molecule has 1 amide bonds. The number of carbonyl (C=O) groups is 1. The van der Waals surface area contributed by atoms with Gasteiger partial charge in [-0.25, -0.2) is 9.37 Å². The Bertz CT molecular complexity index is 638. The van der Waals surface area contributed by atoms with Crippen molar-refractivity contribution >= 4 is 5.91 Å². The summed E-state index contributed by atoms with van der Waals surface area (Å²) < 4.78 is 15.6. The van der Waals surface area contributed by atoms with Crippen LogP contribution in [0.2, 0.25) is 0 Å². The fourth-order valence-corrected chi connectivity index (χ4v) is 2.74. The highest BCUT2D eigenvalue weighted by Gasteiger charge is 2.24. The van der Waals surface area contributed by atoms with Crippen LogP contribution in [0.3, 0.4) is 0 Å². The lowest BCUT2D eigenvalue weighted by Crippen LogP contribution is -2.36. The van der Waals surface area contributed by atoms with Crippen LogP contribution in [0.15, 0.2) is 36.7 Å². The van der Waals surface area contributed by atoms with Gasteiger partial charge in [0.2, 0.25) is 5.91 Å². The third-order valence-electron chi connectivity index (χ3n) is 3.97. The van der Waals surface area contributed by atoms with Crippen molar-refractivity contribution in [2.24, 2.45) is 5.92 Å². The molecule has 21 heavy (non-hydrogen) atoms. The molecule has 1 unspecified atom stereocenters. The minimum Gasteiger partial charge on any atom is -0.356 e. The number of rotatable bonds is 4. The van der Waals surface area contributed by atoms with Gasteiger partial charge in [0, 0.05) is 37.8 Å². The van der Waals surface area contributed by atoms with Crippen molar-refractivity contribution in [1.29, 1.82) is 0 Å². The SMILES string of the molecule is O=C(NCCc1ccccc1F)C1CCn2ccnc2C1. The Morgan fingerprint density at radius 1 is 1.43 bits per heavy atom. The fraction of sp³-hybridized carbons (Fsp3) is 0.375. The topological polar surface area (TPSA) is 46.9 Å². The summed E-state index contributed by atoms with van der Waals surface area (Å²) >= 11 is 0. The summed E-state index contributed by atoms with van der Waals surface area (Å²) in [5.74, 6) is 0.767. The Kier molecular flexibility index (Phi) is 3.99. The molecule has 2 heterocycles. The van der Waals surface area contributed by atoms with E-state index in [-0.39, 0.29) is 17.6 Å². The summed E-state index contributed by atoms with van der Waals surface area (Å²) in [4.78, 5) is 16.4. The molecular weight excluding hydrogens is 269 g/mol. The molecule has 110 valence electrons. The van der Waals surface area contributed by atoms with Crippen LogP contribution in [-0.4, -0.2) is 22.0 Å². The van der Waals surface area contributed by atoms with Crippen molar-refractivity contribution in [3.8, 4) is 0 Å². The summed E-state index contributed by atoms with van der Waals surface area (Å²) in [5, 5.41) is 2.91. The highest BCUT2D eigenvalue weighted by molar-refractivity contribution is 5.78. The molecule has 0 saturated carbocycles. The number of amides is 1. The lowest BCUT2D eigenvalue weighted by molar-refractivity contribution is -0.125. The van der Waals surface area contributed by atoms with E-state index in [0.29, 0.717) is 24.9 Å². The van der Waals surface area contributed by atoms with Crippen LogP contribution in [0.4, 0.5) is 4.39 Å². The predicted octanol–water partition coefficient (Wildman–Crippen LogP) is 1.94. The van der Waals surface area contributed by atoms with E-state index in [4.69, 9.17) is 0 Å². The lowest BCUT2D eigenvalue weighted by atomic mass is 9.97. The number of halogens is 1. The van der Waals surface area contributed by atoms with Crippen LogP contribution in [0.25, 0.3) is 0 Å².